The number of Topliss-reactive ketones (excluding diaryl/α,β-unsaturated/α-hetero) is 1. The number of unbranched alkanes of at least 4 members (excludes halogenated alkanes) is 7. The highest BCUT2D eigenvalue weighted by Crippen LogP contribution is 2.35. The first-order chi connectivity index (χ1) is 15.3. The second-order valence-electron chi connectivity index (χ2n) is 9.60. The third-order valence-corrected chi connectivity index (χ3v) is 6.45. The highest BCUT2D eigenvalue weighted by Gasteiger charge is 2.44. The third-order valence-electron chi connectivity index (χ3n) is 6.45. The summed E-state index contributed by atoms with van der Waals surface area (Å²) in [6, 6.07) is 0. The summed E-state index contributed by atoms with van der Waals surface area (Å²) in [5.41, 5.74) is -0.731. The fourth-order valence-electron chi connectivity index (χ4n) is 4.43. The molecule has 0 saturated carbocycles. The second kappa shape index (κ2) is 12.8. The number of carbonyl (C=O) groups is 3. The van der Waals surface area contributed by atoms with Gasteiger partial charge in [-0.3, -0.25) is 9.59 Å². The Morgan fingerprint density at radius 1 is 1.06 bits per heavy atom. The summed E-state index contributed by atoms with van der Waals surface area (Å²) in [5, 5.41) is 8.87. The smallest absolute Gasteiger partial charge is 0.346 e. The number of rotatable bonds is 15. The van der Waals surface area contributed by atoms with E-state index in [0.29, 0.717) is 5.92 Å². The number of allylic oxidation sites excluding steroid dienone is 1. The van der Waals surface area contributed by atoms with E-state index in [2.05, 4.69) is 13.8 Å². The monoisotopic (exact) mass is 448 g/mol. The molecule has 6 heteroatoms. The summed E-state index contributed by atoms with van der Waals surface area (Å²) < 4.78 is 10.9. The summed E-state index contributed by atoms with van der Waals surface area (Å²) in [6.45, 7) is 6.50. The van der Waals surface area contributed by atoms with Gasteiger partial charge in [-0.15, -0.1) is 0 Å². The number of carboxylic acids is 1. The number of carbonyl (C=O) groups excluding carboxylic acids is 2. The third kappa shape index (κ3) is 8.10. The molecule has 32 heavy (non-hydrogen) atoms. The van der Waals surface area contributed by atoms with E-state index in [9.17, 15) is 14.4 Å². The number of hydrogen-bond acceptors (Lipinski definition) is 5. The largest absolute Gasteiger partial charge is 0.482 e. The minimum absolute atomic E-state index is 0.167. The lowest BCUT2D eigenvalue weighted by Gasteiger charge is -2.24. The number of esters is 1. The van der Waals surface area contributed by atoms with Crippen LogP contribution in [0.3, 0.4) is 0 Å². The van der Waals surface area contributed by atoms with E-state index in [1.54, 1.807) is 6.08 Å². The van der Waals surface area contributed by atoms with Gasteiger partial charge in [0.25, 0.3) is 0 Å². The van der Waals surface area contributed by atoms with Crippen LogP contribution in [0.1, 0.15) is 104 Å². The lowest BCUT2D eigenvalue weighted by molar-refractivity contribution is -0.147. The minimum Gasteiger partial charge on any atom is -0.482 e. The first-order valence-corrected chi connectivity index (χ1v) is 12.3. The van der Waals surface area contributed by atoms with Crippen LogP contribution in [0.5, 0.6) is 0 Å². The van der Waals surface area contributed by atoms with Crippen LogP contribution in [-0.4, -0.2) is 34.5 Å². The molecule has 3 atom stereocenters. The molecule has 2 aliphatic rings. The Kier molecular flexibility index (Phi) is 10.5. The van der Waals surface area contributed by atoms with Crippen molar-refractivity contribution in [3.63, 3.8) is 0 Å². The van der Waals surface area contributed by atoms with E-state index < -0.39 is 35.8 Å². The molecule has 6 nitrogen and oxygen atoms in total. The second-order valence-corrected chi connectivity index (χ2v) is 9.60. The van der Waals surface area contributed by atoms with E-state index in [4.69, 9.17) is 14.6 Å². The highest BCUT2D eigenvalue weighted by molar-refractivity contribution is 6.24. The van der Waals surface area contributed by atoms with Crippen molar-refractivity contribution in [1.82, 2.24) is 0 Å². The first kappa shape index (κ1) is 26.1. The molecule has 0 aromatic rings. The maximum atomic E-state index is 12.4. The van der Waals surface area contributed by atoms with Crippen LogP contribution in [0.25, 0.3) is 0 Å². The topological polar surface area (TPSA) is 89.9 Å². The van der Waals surface area contributed by atoms with Crippen molar-refractivity contribution >= 4 is 17.7 Å². The van der Waals surface area contributed by atoms with Crippen LogP contribution in [-0.2, 0) is 23.9 Å². The Morgan fingerprint density at radius 3 is 2.34 bits per heavy atom. The van der Waals surface area contributed by atoms with Crippen molar-refractivity contribution in [2.45, 2.75) is 116 Å². The fraction of sp³-hybridized carbons (Fsp3) is 0.731. The normalized spacial score (nSPS) is 25.8. The SMILES string of the molecule is CCCCCCCCCC[C@@H](C)CCC[C@@]1(C)C=C/C(=C2\C(=O)O[C@H](CC(=O)O)C2=O)O1. The molecule has 2 heterocycles. The maximum absolute atomic E-state index is 12.4. The molecule has 2 rings (SSSR count). The standard InChI is InChI=1S/C26H40O6/c1-4-5-6-7-8-9-10-11-13-19(2)14-12-16-26(3)17-15-20(32-26)23-24(29)21(18-22(27)28)31-25(23)30/h15,17,19,21H,4-14,16,18H2,1-3H3,(H,27,28)/b23-20+/t19-,21-,26+/m1/s1. The fourth-order valence-corrected chi connectivity index (χ4v) is 4.43. The Hall–Kier alpha value is -2.11. The molecule has 1 fully saturated rings. The zero-order valence-electron chi connectivity index (χ0n) is 20.0. The Balaban J connectivity index is 1.69. The predicted octanol–water partition coefficient (Wildman–Crippen LogP) is 5.89. The first-order valence-electron chi connectivity index (χ1n) is 12.3. The van der Waals surface area contributed by atoms with Gasteiger partial charge < -0.3 is 14.6 Å². The van der Waals surface area contributed by atoms with Gasteiger partial charge in [0.05, 0.1) is 6.42 Å². The van der Waals surface area contributed by atoms with Crippen LogP contribution in [0.4, 0.5) is 0 Å². The van der Waals surface area contributed by atoms with E-state index in [0.717, 1.165) is 19.3 Å². The van der Waals surface area contributed by atoms with Crippen molar-refractivity contribution in [1.29, 1.82) is 0 Å². The number of cyclic esters (lactones) is 1. The molecule has 0 spiro atoms. The van der Waals surface area contributed by atoms with Gasteiger partial charge in [-0.25, -0.2) is 4.79 Å². The van der Waals surface area contributed by atoms with Crippen LogP contribution >= 0.6 is 0 Å². The van der Waals surface area contributed by atoms with Gasteiger partial charge >= 0.3 is 11.9 Å². The highest BCUT2D eigenvalue weighted by atomic mass is 16.6. The van der Waals surface area contributed by atoms with Gasteiger partial charge in [-0.05, 0) is 37.8 Å². The zero-order valence-corrected chi connectivity index (χ0v) is 20.0. The minimum atomic E-state index is -1.26. The molecule has 0 aromatic carbocycles. The van der Waals surface area contributed by atoms with Crippen LogP contribution in [0, 0.1) is 5.92 Å². The molecule has 1 N–H and O–H groups in total. The van der Waals surface area contributed by atoms with Crippen LogP contribution < -0.4 is 0 Å². The average molecular weight is 449 g/mol. The van der Waals surface area contributed by atoms with Crippen molar-refractivity contribution in [2.24, 2.45) is 5.92 Å². The molecular weight excluding hydrogens is 408 g/mol. The predicted molar refractivity (Wildman–Crippen MR) is 123 cm³/mol. The van der Waals surface area contributed by atoms with Gasteiger partial charge in [-0.2, -0.15) is 0 Å². The van der Waals surface area contributed by atoms with E-state index >= 15 is 0 Å². The quantitative estimate of drug-likeness (QED) is 0.145. The molecule has 0 radical (unpaired) electrons. The van der Waals surface area contributed by atoms with E-state index in [1.807, 2.05) is 13.0 Å². The molecule has 0 amide bonds. The molecular formula is C26H40O6. The zero-order chi connectivity index (χ0) is 23.6. The average Bonchev–Trinajstić information content (AvgIpc) is 3.22. The van der Waals surface area contributed by atoms with Gasteiger partial charge in [0, 0.05) is 0 Å². The molecule has 0 bridgehead atoms. The molecule has 0 aromatic heterocycles. The summed E-state index contributed by atoms with van der Waals surface area (Å²) in [4.78, 5) is 35.3. The van der Waals surface area contributed by atoms with Gasteiger partial charge in [0.2, 0.25) is 5.78 Å². The van der Waals surface area contributed by atoms with E-state index in [1.165, 1.54) is 57.8 Å². The van der Waals surface area contributed by atoms with Crippen molar-refractivity contribution in [3.8, 4) is 0 Å². The van der Waals surface area contributed by atoms with Crippen molar-refractivity contribution in [3.05, 3.63) is 23.5 Å². The number of ether oxygens (including phenoxy) is 2. The van der Waals surface area contributed by atoms with Gasteiger partial charge in [0.1, 0.15) is 16.9 Å². The molecule has 0 aliphatic carbocycles. The summed E-state index contributed by atoms with van der Waals surface area (Å²) in [6.07, 6.45) is 16.6. The van der Waals surface area contributed by atoms with Gasteiger partial charge in [0.15, 0.2) is 6.10 Å². The number of carboxylic acid groups (broad SMARTS) is 1. The number of aliphatic carboxylic acids is 1. The summed E-state index contributed by atoms with van der Waals surface area (Å²) >= 11 is 0. The summed E-state index contributed by atoms with van der Waals surface area (Å²) in [7, 11) is 0. The molecule has 180 valence electrons. The molecule has 1 saturated heterocycles. The van der Waals surface area contributed by atoms with Crippen molar-refractivity contribution in [2.75, 3.05) is 0 Å². The molecule has 0 unspecified atom stereocenters. The molecule has 2 aliphatic heterocycles. The number of ketones is 1. The Labute approximate surface area is 192 Å². The Bertz CT molecular complexity index is 722. The van der Waals surface area contributed by atoms with Crippen molar-refractivity contribution < 1.29 is 29.0 Å². The van der Waals surface area contributed by atoms with Gasteiger partial charge in [-0.1, -0.05) is 78.1 Å². The Morgan fingerprint density at radius 2 is 1.69 bits per heavy atom. The summed E-state index contributed by atoms with van der Waals surface area (Å²) in [5.74, 6) is -1.73. The van der Waals surface area contributed by atoms with Crippen LogP contribution in [0.15, 0.2) is 23.5 Å². The van der Waals surface area contributed by atoms with Crippen LogP contribution in [0.2, 0.25) is 0 Å². The number of hydrogen-bond donors (Lipinski definition) is 1. The lowest BCUT2D eigenvalue weighted by Crippen LogP contribution is -2.23. The lowest BCUT2D eigenvalue weighted by atomic mass is 9.92. The maximum Gasteiger partial charge on any atom is 0.346 e. The van der Waals surface area contributed by atoms with E-state index in [-0.39, 0.29) is 11.3 Å².